The summed E-state index contributed by atoms with van der Waals surface area (Å²) < 4.78 is 5.20. The first-order valence-corrected chi connectivity index (χ1v) is 5.28. The highest BCUT2D eigenvalue weighted by atomic mass is 16.5. The van der Waals surface area contributed by atoms with Crippen LogP contribution in [0.3, 0.4) is 0 Å². The van der Waals surface area contributed by atoms with Gasteiger partial charge in [-0.1, -0.05) is 23.8 Å². The van der Waals surface area contributed by atoms with E-state index in [-0.39, 0.29) is 0 Å². The maximum absolute atomic E-state index is 5.20. The van der Waals surface area contributed by atoms with E-state index in [2.05, 4.69) is 37.0 Å². The molecular weight excluding hydrogens is 198 g/mol. The van der Waals surface area contributed by atoms with Crippen molar-refractivity contribution in [1.29, 1.82) is 0 Å². The Labute approximate surface area is 95.9 Å². The smallest absolute Gasteiger partial charge is 0.122 e. The number of aromatic nitrogens is 1. The van der Waals surface area contributed by atoms with Crippen LogP contribution in [0.15, 0.2) is 36.5 Å². The molecule has 0 spiro atoms. The Hall–Kier alpha value is -1.83. The molecule has 16 heavy (non-hydrogen) atoms. The molecule has 1 aromatic carbocycles. The number of benzene rings is 1. The van der Waals surface area contributed by atoms with E-state index in [9.17, 15) is 0 Å². The largest absolute Gasteiger partial charge is 0.497 e. The fraction of sp³-hybridized carbons (Fsp3) is 0.214. The molecule has 0 aliphatic heterocycles. The highest BCUT2D eigenvalue weighted by Crippen LogP contribution is 2.24. The fourth-order valence-corrected chi connectivity index (χ4v) is 1.79. The summed E-state index contributed by atoms with van der Waals surface area (Å²) in [5.41, 5.74) is 4.62. The highest BCUT2D eigenvalue weighted by Gasteiger charge is 2.04. The lowest BCUT2D eigenvalue weighted by molar-refractivity contribution is 0.414. The minimum atomic E-state index is 0.838. The van der Waals surface area contributed by atoms with Gasteiger partial charge in [-0.25, -0.2) is 0 Å². The van der Waals surface area contributed by atoms with E-state index in [4.69, 9.17) is 4.74 Å². The van der Waals surface area contributed by atoms with Gasteiger partial charge in [-0.3, -0.25) is 4.98 Å². The Balaban J connectivity index is 2.49. The molecule has 0 amide bonds. The second-order valence-corrected chi connectivity index (χ2v) is 3.90. The van der Waals surface area contributed by atoms with Gasteiger partial charge in [0.25, 0.3) is 0 Å². The molecule has 2 heteroatoms. The summed E-state index contributed by atoms with van der Waals surface area (Å²) in [5.74, 6) is 0.838. The van der Waals surface area contributed by atoms with E-state index < -0.39 is 0 Å². The topological polar surface area (TPSA) is 22.1 Å². The molecular formula is C14H15NO. The molecule has 0 aliphatic rings. The number of methoxy groups -OCH3 is 1. The molecule has 0 saturated heterocycles. The molecule has 82 valence electrons. The van der Waals surface area contributed by atoms with Crippen molar-refractivity contribution in [2.45, 2.75) is 13.8 Å². The summed E-state index contributed by atoms with van der Waals surface area (Å²) in [5, 5.41) is 0. The molecule has 2 rings (SSSR count). The highest BCUT2D eigenvalue weighted by molar-refractivity contribution is 5.65. The molecule has 0 unspecified atom stereocenters. The van der Waals surface area contributed by atoms with Crippen molar-refractivity contribution in [2.75, 3.05) is 7.11 Å². The van der Waals surface area contributed by atoms with E-state index in [1.165, 1.54) is 11.1 Å². The van der Waals surface area contributed by atoms with E-state index >= 15 is 0 Å². The molecule has 0 aliphatic carbocycles. The van der Waals surface area contributed by atoms with Crippen molar-refractivity contribution in [3.05, 3.63) is 47.7 Å². The summed E-state index contributed by atoms with van der Waals surface area (Å²) in [7, 11) is 1.67. The van der Waals surface area contributed by atoms with Crippen molar-refractivity contribution < 1.29 is 4.74 Å². The molecule has 2 aromatic rings. The fourth-order valence-electron chi connectivity index (χ4n) is 1.79. The van der Waals surface area contributed by atoms with Gasteiger partial charge in [0.1, 0.15) is 5.75 Å². The van der Waals surface area contributed by atoms with Crippen LogP contribution in [-0.2, 0) is 0 Å². The van der Waals surface area contributed by atoms with Gasteiger partial charge in [0.2, 0.25) is 0 Å². The van der Waals surface area contributed by atoms with Gasteiger partial charge < -0.3 is 4.74 Å². The molecule has 0 bridgehead atoms. The predicted octanol–water partition coefficient (Wildman–Crippen LogP) is 3.37. The van der Waals surface area contributed by atoms with Gasteiger partial charge in [-0.15, -0.1) is 0 Å². The first kappa shape index (κ1) is 10.7. The van der Waals surface area contributed by atoms with Crippen LogP contribution in [0.5, 0.6) is 5.75 Å². The molecule has 2 nitrogen and oxygen atoms in total. The van der Waals surface area contributed by atoms with Crippen LogP contribution < -0.4 is 4.74 Å². The monoisotopic (exact) mass is 213 g/mol. The maximum atomic E-state index is 5.20. The zero-order valence-electron chi connectivity index (χ0n) is 9.82. The third kappa shape index (κ3) is 2.06. The van der Waals surface area contributed by atoms with Crippen LogP contribution in [0.25, 0.3) is 11.3 Å². The lowest BCUT2D eigenvalue weighted by atomic mass is 10.0. The lowest BCUT2D eigenvalue weighted by Gasteiger charge is -2.07. The van der Waals surface area contributed by atoms with Gasteiger partial charge in [0, 0.05) is 17.8 Å². The predicted molar refractivity (Wildman–Crippen MR) is 65.7 cm³/mol. The molecule has 1 aromatic heterocycles. The van der Waals surface area contributed by atoms with Crippen molar-refractivity contribution >= 4 is 0 Å². The Morgan fingerprint density at radius 3 is 2.56 bits per heavy atom. The molecule has 0 atom stereocenters. The number of hydrogen-bond acceptors (Lipinski definition) is 2. The second kappa shape index (κ2) is 4.35. The Morgan fingerprint density at radius 2 is 1.88 bits per heavy atom. The van der Waals surface area contributed by atoms with Gasteiger partial charge in [0.15, 0.2) is 0 Å². The number of nitrogens with zero attached hydrogens (tertiary/aromatic N) is 1. The maximum Gasteiger partial charge on any atom is 0.122 e. The number of aryl methyl sites for hydroxylation is 2. The average molecular weight is 213 g/mol. The standard InChI is InChI=1S/C14H15NO/c1-10-4-5-13(11(2)8-10)14-9-12(16-3)6-7-15-14/h4-9H,1-3H3. The van der Waals surface area contributed by atoms with Crippen LogP contribution in [0.2, 0.25) is 0 Å². The third-order valence-electron chi connectivity index (χ3n) is 2.62. The van der Waals surface area contributed by atoms with E-state index in [0.717, 1.165) is 17.0 Å². The van der Waals surface area contributed by atoms with Gasteiger partial charge in [0.05, 0.1) is 12.8 Å². The second-order valence-electron chi connectivity index (χ2n) is 3.90. The molecule has 1 heterocycles. The number of ether oxygens (including phenoxy) is 1. The van der Waals surface area contributed by atoms with Gasteiger partial charge in [-0.2, -0.15) is 0 Å². The summed E-state index contributed by atoms with van der Waals surface area (Å²) in [6.07, 6.45) is 1.77. The molecule has 0 radical (unpaired) electrons. The van der Waals surface area contributed by atoms with Crippen LogP contribution in [0.4, 0.5) is 0 Å². The SMILES string of the molecule is COc1ccnc(-c2ccc(C)cc2C)c1. The minimum Gasteiger partial charge on any atom is -0.497 e. The number of rotatable bonds is 2. The first-order valence-electron chi connectivity index (χ1n) is 5.28. The third-order valence-corrected chi connectivity index (χ3v) is 2.62. The van der Waals surface area contributed by atoms with E-state index in [1.54, 1.807) is 13.3 Å². The van der Waals surface area contributed by atoms with Crippen molar-refractivity contribution in [2.24, 2.45) is 0 Å². The van der Waals surface area contributed by atoms with Crippen LogP contribution in [-0.4, -0.2) is 12.1 Å². The summed E-state index contributed by atoms with van der Waals surface area (Å²) in [6, 6.07) is 10.2. The Bertz CT molecular complexity index is 506. The zero-order chi connectivity index (χ0) is 11.5. The summed E-state index contributed by atoms with van der Waals surface area (Å²) >= 11 is 0. The lowest BCUT2D eigenvalue weighted by Crippen LogP contribution is -1.89. The zero-order valence-corrected chi connectivity index (χ0v) is 9.82. The van der Waals surface area contributed by atoms with Crippen LogP contribution in [0, 0.1) is 13.8 Å². The minimum absolute atomic E-state index is 0.838. The molecule has 0 saturated carbocycles. The van der Waals surface area contributed by atoms with Crippen LogP contribution in [0.1, 0.15) is 11.1 Å². The van der Waals surface area contributed by atoms with Crippen molar-refractivity contribution in [3.8, 4) is 17.0 Å². The molecule has 0 fully saturated rings. The summed E-state index contributed by atoms with van der Waals surface area (Å²) in [6.45, 7) is 4.19. The average Bonchev–Trinajstić information content (AvgIpc) is 2.29. The van der Waals surface area contributed by atoms with E-state index in [1.807, 2.05) is 12.1 Å². The van der Waals surface area contributed by atoms with Crippen molar-refractivity contribution in [1.82, 2.24) is 4.98 Å². The quantitative estimate of drug-likeness (QED) is 0.763. The van der Waals surface area contributed by atoms with E-state index in [0.29, 0.717) is 0 Å². The first-order chi connectivity index (χ1) is 7.70. The van der Waals surface area contributed by atoms with Gasteiger partial charge in [-0.05, 0) is 25.5 Å². The molecule has 0 N–H and O–H groups in total. The summed E-state index contributed by atoms with van der Waals surface area (Å²) in [4.78, 5) is 4.37. The normalized spacial score (nSPS) is 10.2. The Morgan fingerprint density at radius 1 is 1.06 bits per heavy atom. The number of hydrogen-bond donors (Lipinski definition) is 0. The van der Waals surface area contributed by atoms with Crippen LogP contribution >= 0.6 is 0 Å². The number of pyridine rings is 1. The van der Waals surface area contributed by atoms with Crippen molar-refractivity contribution in [3.63, 3.8) is 0 Å². The Kier molecular flexibility index (Phi) is 2.91. The van der Waals surface area contributed by atoms with Gasteiger partial charge >= 0.3 is 0 Å².